The molecule has 0 aliphatic rings. The fourth-order valence-corrected chi connectivity index (χ4v) is 1.06. The van der Waals surface area contributed by atoms with E-state index in [1.54, 1.807) is 0 Å². The molecule has 1 unspecified atom stereocenters. The van der Waals surface area contributed by atoms with Crippen LogP contribution in [0.2, 0.25) is 0 Å². The molecule has 12 heavy (non-hydrogen) atoms. The van der Waals surface area contributed by atoms with E-state index in [-0.39, 0.29) is 6.17 Å². The van der Waals surface area contributed by atoms with Gasteiger partial charge in [0.1, 0.15) is 0 Å². The van der Waals surface area contributed by atoms with Crippen molar-refractivity contribution in [3.05, 3.63) is 0 Å². The van der Waals surface area contributed by atoms with Crippen molar-refractivity contribution in [3.63, 3.8) is 0 Å². The van der Waals surface area contributed by atoms with Gasteiger partial charge in [0.2, 0.25) is 0 Å². The van der Waals surface area contributed by atoms with Crippen LogP contribution in [-0.4, -0.2) is 25.8 Å². The minimum atomic E-state index is 0.184. The Morgan fingerprint density at radius 2 is 2.00 bits per heavy atom. The number of hydrogen-bond acceptors (Lipinski definition) is 3. The highest BCUT2D eigenvalue weighted by Crippen LogP contribution is 1.89. The summed E-state index contributed by atoms with van der Waals surface area (Å²) in [6, 6.07) is 0. The first-order chi connectivity index (χ1) is 5.81. The van der Waals surface area contributed by atoms with Crippen LogP contribution >= 0.6 is 0 Å². The SMILES string of the molecule is CCCNC(N)CCCNCC. The number of nitrogens with two attached hydrogens (primary N) is 1. The summed E-state index contributed by atoms with van der Waals surface area (Å²) in [6.45, 7) is 7.44. The van der Waals surface area contributed by atoms with Crippen LogP contribution in [0, 0.1) is 0 Å². The summed E-state index contributed by atoms with van der Waals surface area (Å²) in [7, 11) is 0. The van der Waals surface area contributed by atoms with Gasteiger partial charge in [-0.3, -0.25) is 0 Å². The molecule has 0 saturated heterocycles. The third-order valence-electron chi connectivity index (χ3n) is 1.78. The van der Waals surface area contributed by atoms with Gasteiger partial charge in [0, 0.05) is 0 Å². The van der Waals surface area contributed by atoms with E-state index < -0.39 is 0 Å². The van der Waals surface area contributed by atoms with Crippen molar-refractivity contribution in [1.82, 2.24) is 10.6 Å². The molecular weight excluding hydrogens is 150 g/mol. The molecule has 0 rings (SSSR count). The molecule has 0 aromatic rings. The lowest BCUT2D eigenvalue weighted by atomic mass is 10.2. The van der Waals surface area contributed by atoms with Gasteiger partial charge in [0.05, 0.1) is 6.17 Å². The van der Waals surface area contributed by atoms with E-state index >= 15 is 0 Å². The number of hydrogen-bond donors (Lipinski definition) is 3. The minimum Gasteiger partial charge on any atom is -0.317 e. The van der Waals surface area contributed by atoms with Crippen LogP contribution in [0.25, 0.3) is 0 Å². The largest absolute Gasteiger partial charge is 0.317 e. The third-order valence-corrected chi connectivity index (χ3v) is 1.78. The van der Waals surface area contributed by atoms with Gasteiger partial charge in [0.15, 0.2) is 0 Å². The normalized spacial score (nSPS) is 13.2. The molecule has 0 aromatic heterocycles. The van der Waals surface area contributed by atoms with Crippen molar-refractivity contribution < 1.29 is 0 Å². The van der Waals surface area contributed by atoms with Gasteiger partial charge >= 0.3 is 0 Å². The Balaban J connectivity index is 3.02. The second-order valence-electron chi connectivity index (χ2n) is 3.06. The fourth-order valence-electron chi connectivity index (χ4n) is 1.06. The minimum absolute atomic E-state index is 0.184. The van der Waals surface area contributed by atoms with Crippen LogP contribution in [0.1, 0.15) is 33.1 Å². The summed E-state index contributed by atoms with van der Waals surface area (Å²) in [4.78, 5) is 0. The predicted octanol–water partition coefficient (Wildman–Crippen LogP) is 0.661. The highest BCUT2D eigenvalue weighted by atomic mass is 15.0. The van der Waals surface area contributed by atoms with Gasteiger partial charge < -0.3 is 16.4 Å². The molecule has 0 heterocycles. The fraction of sp³-hybridized carbons (Fsp3) is 1.00. The molecule has 0 saturated carbocycles. The average Bonchev–Trinajstić information content (AvgIpc) is 2.09. The lowest BCUT2D eigenvalue weighted by molar-refractivity contribution is 0.472. The molecule has 0 aliphatic carbocycles. The highest BCUT2D eigenvalue weighted by molar-refractivity contribution is 4.59. The highest BCUT2D eigenvalue weighted by Gasteiger charge is 1.98. The van der Waals surface area contributed by atoms with E-state index in [2.05, 4.69) is 24.5 Å². The summed E-state index contributed by atoms with van der Waals surface area (Å²) in [5.41, 5.74) is 5.80. The standard InChI is InChI=1S/C9H23N3/c1-3-7-12-9(10)6-5-8-11-4-2/h9,11-12H,3-8,10H2,1-2H3. The van der Waals surface area contributed by atoms with Crippen LogP contribution in [0.4, 0.5) is 0 Å². The van der Waals surface area contributed by atoms with Crippen molar-refractivity contribution >= 4 is 0 Å². The Morgan fingerprint density at radius 1 is 1.25 bits per heavy atom. The van der Waals surface area contributed by atoms with Gasteiger partial charge in [-0.1, -0.05) is 13.8 Å². The molecule has 0 bridgehead atoms. The molecule has 0 radical (unpaired) electrons. The molecule has 0 aliphatic heterocycles. The lowest BCUT2D eigenvalue weighted by Gasteiger charge is -2.12. The smallest absolute Gasteiger partial charge is 0.0546 e. The third kappa shape index (κ3) is 7.98. The Labute approximate surface area is 76.1 Å². The topological polar surface area (TPSA) is 50.1 Å². The van der Waals surface area contributed by atoms with Crippen LogP contribution < -0.4 is 16.4 Å². The van der Waals surface area contributed by atoms with Gasteiger partial charge in [-0.15, -0.1) is 0 Å². The molecule has 0 aromatic carbocycles. The van der Waals surface area contributed by atoms with Crippen LogP contribution in [0.5, 0.6) is 0 Å². The van der Waals surface area contributed by atoms with E-state index in [9.17, 15) is 0 Å². The first kappa shape index (κ1) is 11.9. The van der Waals surface area contributed by atoms with Gasteiger partial charge in [0.25, 0.3) is 0 Å². The first-order valence-electron chi connectivity index (χ1n) is 5.01. The van der Waals surface area contributed by atoms with E-state index in [4.69, 9.17) is 5.73 Å². The molecule has 0 amide bonds. The zero-order valence-electron chi connectivity index (χ0n) is 8.40. The van der Waals surface area contributed by atoms with Crippen molar-refractivity contribution in [2.45, 2.75) is 39.3 Å². The van der Waals surface area contributed by atoms with Gasteiger partial charge in [-0.05, 0) is 38.9 Å². The van der Waals surface area contributed by atoms with Gasteiger partial charge in [-0.2, -0.15) is 0 Å². The summed E-state index contributed by atoms with van der Waals surface area (Å²) in [5.74, 6) is 0. The quantitative estimate of drug-likeness (QED) is 0.373. The molecular formula is C9H23N3. The molecule has 1 atom stereocenters. The van der Waals surface area contributed by atoms with Gasteiger partial charge in [-0.25, -0.2) is 0 Å². The lowest BCUT2D eigenvalue weighted by Crippen LogP contribution is -2.38. The Hall–Kier alpha value is -0.120. The van der Waals surface area contributed by atoms with Crippen LogP contribution in [0.15, 0.2) is 0 Å². The second kappa shape index (κ2) is 8.97. The Kier molecular flexibility index (Phi) is 8.88. The molecule has 0 fully saturated rings. The van der Waals surface area contributed by atoms with Crippen molar-refractivity contribution in [2.24, 2.45) is 5.73 Å². The average molecular weight is 173 g/mol. The summed E-state index contributed by atoms with van der Waals surface area (Å²) in [6.07, 6.45) is 3.56. The zero-order valence-corrected chi connectivity index (χ0v) is 8.40. The summed E-state index contributed by atoms with van der Waals surface area (Å²) < 4.78 is 0. The Bertz CT molecular complexity index is 85.8. The van der Waals surface area contributed by atoms with Crippen molar-refractivity contribution in [2.75, 3.05) is 19.6 Å². The second-order valence-corrected chi connectivity index (χ2v) is 3.06. The first-order valence-corrected chi connectivity index (χ1v) is 5.01. The summed E-state index contributed by atoms with van der Waals surface area (Å²) in [5, 5.41) is 6.54. The maximum atomic E-state index is 5.80. The Morgan fingerprint density at radius 3 is 2.58 bits per heavy atom. The maximum Gasteiger partial charge on any atom is 0.0546 e. The number of rotatable bonds is 8. The predicted molar refractivity (Wildman–Crippen MR) is 54.0 cm³/mol. The molecule has 74 valence electrons. The van der Waals surface area contributed by atoms with E-state index in [0.717, 1.165) is 38.9 Å². The number of nitrogens with one attached hydrogen (secondary N) is 2. The van der Waals surface area contributed by atoms with E-state index in [0.29, 0.717) is 0 Å². The maximum absolute atomic E-state index is 5.80. The monoisotopic (exact) mass is 173 g/mol. The van der Waals surface area contributed by atoms with E-state index in [1.807, 2.05) is 0 Å². The molecule has 3 nitrogen and oxygen atoms in total. The van der Waals surface area contributed by atoms with Crippen molar-refractivity contribution in [1.29, 1.82) is 0 Å². The zero-order chi connectivity index (χ0) is 9.23. The van der Waals surface area contributed by atoms with Crippen molar-refractivity contribution in [3.8, 4) is 0 Å². The van der Waals surface area contributed by atoms with Crippen LogP contribution in [0.3, 0.4) is 0 Å². The van der Waals surface area contributed by atoms with Crippen LogP contribution in [-0.2, 0) is 0 Å². The van der Waals surface area contributed by atoms with E-state index in [1.165, 1.54) is 0 Å². The molecule has 4 N–H and O–H groups in total. The summed E-state index contributed by atoms with van der Waals surface area (Å²) >= 11 is 0. The molecule has 0 spiro atoms. The molecule has 3 heteroatoms.